The summed E-state index contributed by atoms with van der Waals surface area (Å²) in [6, 6.07) is 5.76. The molecule has 25 heavy (non-hydrogen) atoms. The van der Waals surface area contributed by atoms with Gasteiger partial charge in [-0.25, -0.2) is 0 Å². The van der Waals surface area contributed by atoms with Crippen LogP contribution < -0.4 is 20.1 Å². The lowest BCUT2D eigenvalue weighted by Crippen LogP contribution is -2.37. The first-order valence-corrected chi connectivity index (χ1v) is 9.16. The number of likely N-dealkylation sites (tertiary alicyclic amines) is 1. The summed E-state index contributed by atoms with van der Waals surface area (Å²) in [6.07, 6.45) is 2.65. The normalized spacial score (nSPS) is 18.7. The maximum atomic E-state index is 5.36. The topological polar surface area (TPSA) is 58.1 Å². The fourth-order valence-corrected chi connectivity index (χ4v) is 3.15. The Morgan fingerprint density at radius 1 is 1.28 bits per heavy atom. The van der Waals surface area contributed by atoms with Crippen LogP contribution in [0.4, 0.5) is 5.69 Å². The minimum absolute atomic E-state index is 0.700. The zero-order valence-corrected chi connectivity index (χ0v) is 16.0. The molecule has 0 aliphatic carbocycles. The van der Waals surface area contributed by atoms with Crippen molar-refractivity contribution in [1.82, 2.24) is 10.2 Å². The molecule has 1 aromatic carbocycles. The lowest BCUT2D eigenvalue weighted by Gasteiger charge is -2.30. The van der Waals surface area contributed by atoms with Crippen molar-refractivity contribution >= 4 is 11.6 Å². The number of guanidine groups is 1. The van der Waals surface area contributed by atoms with Gasteiger partial charge >= 0.3 is 0 Å². The van der Waals surface area contributed by atoms with Crippen molar-refractivity contribution in [2.45, 2.75) is 26.7 Å². The number of nitrogens with one attached hydrogen (secondary N) is 2. The number of hydrogen-bond acceptors (Lipinski definition) is 4. The summed E-state index contributed by atoms with van der Waals surface area (Å²) < 4.78 is 10.6. The molecule has 1 fully saturated rings. The number of piperidine rings is 1. The molecule has 140 valence electrons. The molecule has 0 radical (unpaired) electrons. The summed E-state index contributed by atoms with van der Waals surface area (Å²) in [5.74, 6) is 3.01. The molecular formula is C19H32N4O2. The van der Waals surface area contributed by atoms with Crippen LogP contribution in [0.5, 0.6) is 11.5 Å². The maximum Gasteiger partial charge on any atom is 0.195 e. The highest BCUT2D eigenvalue weighted by atomic mass is 16.5. The van der Waals surface area contributed by atoms with Crippen LogP contribution in [0, 0.1) is 5.92 Å². The van der Waals surface area contributed by atoms with E-state index in [2.05, 4.69) is 29.4 Å². The Bertz CT molecular complexity index is 562. The molecule has 0 amide bonds. The van der Waals surface area contributed by atoms with E-state index in [9.17, 15) is 0 Å². The number of benzene rings is 1. The molecule has 1 atom stereocenters. The molecule has 1 saturated heterocycles. The van der Waals surface area contributed by atoms with Gasteiger partial charge in [-0.1, -0.05) is 6.92 Å². The zero-order chi connectivity index (χ0) is 18.1. The van der Waals surface area contributed by atoms with E-state index in [1.807, 2.05) is 18.2 Å². The average molecular weight is 348 g/mol. The Kier molecular flexibility index (Phi) is 7.85. The largest absolute Gasteiger partial charge is 0.493 e. The first-order chi connectivity index (χ1) is 12.2. The van der Waals surface area contributed by atoms with Gasteiger partial charge in [0.15, 0.2) is 17.5 Å². The van der Waals surface area contributed by atoms with Gasteiger partial charge in [0.05, 0.1) is 20.8 Å². The van der Waals surface area contributed by atoms with E-state index in [4.69, 9.17) is 14.5 Å². The third-order valence-electron chi connectivity index (χ3n) is 4.42. The molecule has 1 heterocycles. The molecule has 2 rings (SSSR count). The molecule has 0 spiro atoms. The Labute approximate surface area is 151 Å². The van der Waals surface area contributed by atoms with Gasteiger partial charge in [0.25, 0.3) is 0 Å². The van der Waals surface area contributed by atoms with Crippen molar-refractivity contribution in [3.05, 3.63) is 18.2 Å². The molecule has 6 heteroatoms. The minimum atomic E-state index is 0.700. The average Bonchev–Trinajstić information content (AvgIpc) is 2.62. The van der Waals surface area contributed by atoms with Gasteiger partial charge in [-0.15, -0.1) is 0 Å². The summed E-state index contributed by atoms with van der Waals surface area (Å²) in [6.45, 7) is 9.40. The van der Waals surface area contributed by atoms with E-state index >= 15 is 0 Å². The van der Waals surface area contributed by atoms with Gasteiger partial charge in [-0.3, -0.25) is 4.99 Å². The molecule has 2 N–H and O–H groups in total. The number of aliphatic imine (C=N–C) groups is 1. The van der Waals surface area contributed by atoms with E-state index in [1.54, 1.807) is 14.2 Å². The highest BCUT2D eigenvalue weighted by molar-refractivity contribution is 5.93. The first kappa shape index (κ1) is 19.4. The van der Waals surface area contributed by atoms with E-state index in [1.165, 1.54) is 25.9 Å². The van der Waals surface area contributed by atoms with E-state index in [-0.39, 0.29) is 0 Å². The Hall–Kier alpha value is -1.95. The van der Waals surface area contributed by atoms with Crippen LogP contribution in [0.15, 0.2) is 23.2 Å². The smallest absolute Gasteiger partial charge is 0.195 e. The van der Waals surface area contributed by atoms with Gasteiger partial charge < -0.3 is 25.0 Å². The summed E-state index contributed by atoms with van der Waals surface area (Å²) in [7, 11) is 3.28. The highest BCUT2D eigenvalue weighted by Crippen LogP contribution is 2.29. The fourth-order valence-electron chi connectivity index (χ4n) is 3.15. The molecule has 1 aliphatic heterocycles. The van der Waals surface area contributed by atoms with Crippen LogP contribution >= 0.6 is 0 Å². The fraction of sp³-hybridized carbons (Fsp3) is 0.632. The molecule has 1 aromatic rings. The Morgan fingerprint density at radius 3 is 2.76 bits per heavy atom. The van der Waals surface area contributed by atoms with Crippen molar-refractivity contribution in [2.75, 3.05) is 52.3 Å². The summed E-state index contributed by atoms with van der Waals surface area (Å²) in [5, 5.41) is 6.63. The van der Waals surface area contributed by atoms with Gasteiger partial charge in [-0.2, -0.15) is 0 Å². The Morgan fingerprint density at radius 2 is 2.08 bits per heavy atom. The minimum Gasteiger partial charge on any atom is -0.493 e. The third kappa shape index (κ3) is 6.12. The second-order valence-electron chi connectivity index (χ2n) is 6.50. The molecule has 0 aromatic heterocycles. The van der Waals surface area contributed by atoms with Crippen LogP contribution in [0.2, 0.25) is 0 Å². The number of nitrogens with zero attached hydrogens (tertiary/aromatic N) is 2. The maximum absolute atomic E-state index is 5.36. The van der Waals surface area contributed by atoms with Crippen LogP contribution in [0.25, 0.3) is 0 Å². The standard InChI is InChI=1S/C19H32N4O2/c1-5-20-19(21-10-12-23-11-6-7-15(2)14-23)22-16-8-9-17(24-3)18(13-16)25-4/h8-9,13,15H,5-7,10-12,14H2,1-4H3,(H2,20,21,22). The van der Waals surface area contributed by atoms with Crippen LogP contribution in [0.3, 0.4) is 0 Å². The van der Waals surface area contributed by atoms with Crippen LogP contribution in [-0.4, -0.2) is 57.8 Å². The quantitative estimate of drug-likeness (QED) is 0.586. The molecule has 6 nitrogen and oxygen atoms in total. The number of rotatable bonds is 7. The first-order valence-electron chi connectivity index (χ1n) is 9.16. The lowest BCUT2D eigenvalue weighted by atomic mass is 10.0. The predicted molar refractivity (Wildman–Crippen MR) is 104 cm³/mol. The molecular weight excluding hydrogens is 316 g/mol. The van der Waals surface area contributed by atoms with Gasteiger partial charge in [-0.05, 0) is 44.4 Å². The monoisotopic (exact) mass is 348 g/mol. The van der Waals surface area contributed by atoms with Crippen molar-refractivity contribution < 1.29 is 9.47 Å². The van der Waals surface area contributed by atoms with Crippen molar-refractivity contribution in [3.8, 4) is 11.5 Å². The summed E-state index contributed by atoms with van der Waals surface area (Å²) in [5.41, 5.74) is 0.920. The number of hydrogen-bond donors (Lipinski definition) is 2. The molecule has 0 saturated carbocycles. The summed E-state index contributed by atoms with van der Waals surface area (Å²) in [4.78, 5) is 7.22. The summed E-state index contributed by atoms with van der Waals surface area (Å²) >= 11 is 0. The SMILES string of the molecule is CCNC(=NCCN1CCCC(C)C1)Nc1ccc(OC)c(OC)c1. The second kappa shape index (κ2) is 10.1. The van der Waals surface area contributed by atoms with Gasteiger partial charge in [0.2, 0.25) is 0 Å². The molecule has 1 aliphatic rings. The van der Waals surface area contributed by atoms with Crippen molar-refractivity contribution in [1.29, 1.82) is 0 Å². The molecule has 1 unspecified atom stereocenters. The third-order valence-corrected chi connectivity index (χ3v) is 4.42. The van der Waals surface area contributed by atoms with E-state index in [0.29, 0.717) is 11.5 Å². The van der Waals surface area contributed by atoms with Gasteiger partial charge in [0, 0.05) is 31.4 Å². The van der Waals surface area contributed by atoms with Crippen LogP contribution in [-0.2, 0) is 0 Å². The highest BCUT2D eigenvalue weighted by Gasteiger charge is 2.15. The lowest BCUT2D eigenvalue weighted by molar-refractivity contribution is 0.189. The molecule has 0 bridgehead atoms. The van der Waals surface area contributed by atoms with Gasteiger partial charge in [0.1, 0.15) is 0 Å². The Balaban J connectivity index is 1.95. The van der Waals surface area contributed by atoms with Crippen molar-refractivity contribution in [3.63, 3.8) is 0 Å². The van der Waals surface area contributed by atoms with Crippen molar-refractivity contribution in [2.24, 2.45) is 10.9 Å². The zero-order valence-electron chi connectivity index (χ0n) is 16.0. The second-order valence-corrected chi connectivity index (χ2v) is 6.50. The van der Waals surface area contributed by atoms with Crippen LogP contribution in [0.1, 0.15) is 26.7 Å². The number of methoxy groups -OCH3 is 2. The predicted octanol–water partition coefficient (Wildman–Crippen LogP) is 2.81. The number of anilines is 1. The van der Waals surface area contributed by atoms with E-state index in [0.717, 1.165) is 37.2 Å². The number of ether oxygens (including phenoxy) is 2. The van der Waals surface area contributed by atoms with E-state index < -0.39 is 0 Å².